The van der Waals surface area contributed by atoms with Crippen LogP contribution in [0.1, 0.15) is 55.4 Å². The van der Waals surface area contributed by atoms with Crippen molar-refractivity contribution in [2.24, 2.45) is 0 Å². The fraction of sp³-hybridized carbons (Fsp3) is 0.448. The molecule has 1 amide bonds. The predicted octanol–water partition coefficient (Wildman–Crippen LogP) is 4.33. The average Bonchev–Trinajstić information content (AvgIpc) is 3.33. The first-order valence-corrected chi connectivity index (χ1v) is 13.1. The largest absolute Gasteiger partial charge is 0.390 e. The second kappa shape index (κ2) is 14.6. The molecule has 3 aromatic rings. The zero-order valence-corrected chi connectivity index (χ0v) is 21.7. The number of halogens is 2. The van der Waals surface area contributed by atoms with Gasteiger partial charge in [-0.2, -0.15) is 5.10 Å². The van der Waals surface area contributed by atoms with E-state index in [-0.39, 0.29) is 25.3 Å². The molecule has 0 aliphatic heterocycles. The normalized spacial score (nSPS) is 12.9. The summed E-state index contributed by atoms with van der Waals surface area (Å²) >= 11 is 0. The van der Waals surface area contributed by atoms with Crippen LogP contribution < -0.4 is 10.6 Å². The van der Waals surface area contributed by atoms with Crippen LogP contribution in [0, 0.1) is 11.6 Å². The summed E-state index contributed by atoms with van der Waals surface area (Å²) in [6.07, 6.45) is 6.65. The first-order chi connectivity index (χ1) is 17.9. The number of unbranched alkanes of at least 4 members (excludes halogenated alkanes) is 1. The number of aromatic nitrogens is 2. The molecule has 0 fully saturated rings. The molecule has 0 aliphatic rings. The average molecular weight is 513 g/mol. The first-order valence-electron chi connectivity index (χ1n) is 13.1. The Kier molecular flexibility index (Phi) is 11.2. The summed E-state index contributed by atoms with van der Waals surface area (Å²) in [7, 11) is 0. The molecule has 3 N–H and O–H groups in total. The van der Waals surface area contributed by atoms with E-state index >= 15 is 0 Å². The Morgan fingerprint density at radius 1 is 1.05 bits per heavy atom. The maximum atomic E-state index is 13.8. The Morgan fingerprint density at radius 3 is 2.54 bits per heavy atom. The quantitative estimate of drug-likeness (QED) is 0.283. The van der Waals surface area contributed by atoms with Crippen molar-refractivity contribution in [2.75, 3.05) is 6.54 Å². The van der Waals surface area contributed by atoms with Gasteiger partial charge in [0.25, 0.3) is 0 Å². The highest BCUT2D eigenvalue weighted by atomic mass is 19.1. The van der Waals surface area contributed by atoms with Crippen molar-refractivity contribution in [1.82, 2.24) is 20.4 Å². The van der Waals surface area contributed by atoms with Crippen LogP contribution in [0.2, 0.25) is 0 Å². The minimum Gasteiger partial charge on any atom is -0.390 e. The summed E-state index contributed by atoms with van der Waals surface area (Å²) in [4.78, 5) is 12.8. The van der Waals surface area contributed by atoms with Crippen molar-refractivity contribution in [2.45, 2.75) is 77.6 Å². The lowest BCUT2D eigenvalue weighted by Gasteiger charge is -2.25. The molecule has 0 bridgehead atoms. The van der Waals surface area contributed by atoms with Crippen LogP contribution in [0.3, 0.4) is 0 Å². The third kappa shape index (κ3) is 9.70. The van der Waals surface area contributed by atoms with Crippen molar-refractivity contribution < 1.29 is 18.7 Å². The highest BCUT2D eigenvalue weighted by molar-refractivity contribution is 5.76. The molecule has 0 spiro atoms. The smallest absolute Gasteiger partial charge is 0.220 e. The van der Waals surface area contributed by atoms with Crippen LogP contribution in [0.15, 0.2) is 54.9 Å². The number of aryl methyl sites for hydroxylation is 3. The van der Waals surface area contributed by atoms with Gasteiger partial charge < -0.3 is 15.7 Å². The summed E-state index contributed by atoms with van der Waals surface area (Å²) in [6.45, 7) is 5.83. The zero-order valence-electron chi connectivity index (χ0n) is 21.7. The van der Waals surface area contributed by atoms with Crippen molar-refractivity contribution in [3.8, 4) is 0 Å². The van der Waals surface area contributed by atoms with E-state index in [0.29, 0.717) is 18.5 Å². The zero-order chi connectivity index (χ0) is 26.6. The molecule has 1 heterocycles. The number of benzene rings is 2. The van der Waals surface area contributed by atoms with Gasteiger partial charge in [-0.05, 0) is 60.1 Å². The van der Waals surface area contributed by atoms with E-state index in [9.17, 15) is 18.7 Å². The lowest BCUT2D eigenvalue weighted by molar-refractivity contribution is -0.122. The van der Waals surface area contributed by atoms with Gasteiger partial charge in [0.1, 0.15) is 11.6 Å². The predicted molar refractivity (Wildman–Crippen MR) is 141 cm³/mol. The molecule has 0 aliphatic carbocycles. The van der Waals surface area contributed by atoms with E-state index in [1.54, 1.807) is 6.20 Å². The van der Waals surface area contributed by atoms with Crippen molar-refractivity contribution in [3.63, 3.8) is 0 Å². The fourth-order valence-corrected chi connectivity index (χ4v) is 4.25. The van der Waals surface area contributed by atoms with E-state index < -0.39 is 23.8 Å². The van der Waals surface area contributed by atoms with E-state index in [0.717, 1.165) is 43.0 Å². The van der Waals surface area contributed by atoms with E-state index in [1.807, 2.05) is 23.0 Å². The second-order valence-electron chi connectivity index (χ2n) is 9.49. The van der Waals surface area contributed by atoms with E-state index in [4.69, 9.17) is 0 Å². The van der Waals surface area contributed by atoms with Crippen LogP contribution >= 0.6 is 0 Å². The van der Waals surface area contributed by atoms with Crippen LogP contribution in [-0.2, 0) is 37.1 Å². The van der Waals surface area contributed by atoms with Gasteiger partial charge in [0.2, 0.25) is 5.91 Å². The first kappa shape index (κ1) is 28.5. The third-order valence-corrected chi connectivity index (χ3v) is 6.34. The van der Waals surface area contributed by atoms with Gasteiger partial charge in [-0.25, -0.2) is 8.78 Å². The Hall–Kier alpha value is -3.10. The summed E-state index contributed by atoms with van der Waals surface area (Å²) in [6, 6.07) is 10.7. The monoisotopic (exact) mass is 512 g/mol. The third-order valence-electron chi connectivity index (χ3n) is 6.34. The SMILES string of the molecule is CCCCn1cc(CCC(=O)NC(Cc2cc(F)cc(F)c2)C(O)CNCc2cccc(CC)c2)cn1. The summed E-state index contributed by atoms with van der Waals surface area (Å²) in [5.74, 6) is -1.62. The number of nitrogens with one attached hydrogen (secondary N) is 2. The maximum Gasteiger partial charge on any atom is 0.220 e. The Balaban J connectivity index is 1.59. The van der Waals surface area contributed by atoms with E-state index in [1.165, 1.54) is 17.7 Å². The highest BCUT2D eigenvalue weighted by Gasteiger charge is 2.22. The number of aliphatic hydroxyl groups is 1. The van der Waals surface area contributed by atoms with E-state index in [2.05, 4.69) is 41.7 Å². The summed E-state index contributed by atoms with van der Waals surface area (Å²) < 4.78 is 29.4. The molecule has 8 heteroatoms. The van der Waals surface area contributed by atoms with Crippen molar-refractivity contribution in [3.05, 3.63) is 88.7 Å². The topological polar surface area (TPSA) is 79.2 Å². The highest BCUT2D eigenvalue weighted by Crippen LogP contribution is 2.13. The van der Waals surface area contributed by atoms with Crippen molar-refractivity contribution in [1.29, 1.82) is 0 Å². The lowest BCUT2D eigenvalue weighted by atomic mass is 10.00. The molecule has 2 unspecified atom stereocenters. The van der Waals surface area contributed by atoms with Crippen LogP contribution in [0.4, 0.5) is 8.78 Å². The van der Waals surface area contributed by atoms with Gasteiger partial charge in [0.15, 0.2) is 0 Å². The fourth-order valence-electron chi connectivity index (χ4n) is 4.25. The van der Waals surface area contributed by atoms with Crippen LogP contribution in [0.25, 0.3) is 0 Å². The Morgan fingerprint density at radius 2 is 1.81 bits per heavy atom. The van der Waals surface area contributed by atoms with Gasteiger partial charge in [0.05, 0.1) is 18.3 Å². The van der Waals surface area contributed by atoms with Crippen LogP contribution in [0.5, 0.6) is 0 Å². The number of nitrogens with zero attached hydrogens (tertiary/aromatic N) is 2. The number of hydrogen-bond donors (Lipinski definition) is 3. The number of hydrogen-bond acceptors (Lipinski definition) is 4. The molecule has 0 radical (unpaired) electrons. The number of carbonyl (C=O) groups excluding carboxylic acids is 1. The molecule has 37 heavy (non-hydrogen) atoms. The summed E-state index contributed by atoms with van der Waals surface area (Å²) in [5.41, 5.74) is 3.66. The molecule has 200 valence electrons. The molecule has 6 nitrogen and oxygen atoms in total. The van der Waals surface area contributed by atoms with Gasteiger partial charge in [-0.15, -0.1) is 0 Å². The Bertz CT molecular complexity index is 1110. The molecular formula is C29H38F2N4O2. The Labute approximate surface area is 218 Å². The number of carbonyl (C=O) groups is 1. The molecule has 1 aromatic heterocycles. The van der Waals surface area contributed by atoms with Gasteiger partial charge in [-0.3, -0.25) is 9.48 Å². The molecule has 3 rings (SSSR count). The van der Waals surface area contributed by atoms with Crippen LogP contribution in [-0.4, -0.2) is 39.5 Å². The van der Waals surface area contributed by atoms with Gasteiger partial charge in [-0.1, -0.05) is 44.5 Å². The van der Waals surface area contributed by atoms with Crippen molar-refractivity contribution >= 4 is 5.91 Å². The molecule has 0 saturated heterocycles. The lowest BCUT2D eigenvalue weighted by Crippen LogP contribution is -2.48. The van der Waals surface area contributed by atoms with Gasteiger partial charge in [0, 0.05) is 38.3 Å². The minimum atomic E-state index is -0.957. The standard InChI is InChI=1S/C29H38F2N4O2/c1-3-5-11-35-20-23(18-33-35)9-10-29(37)34-27(15-24-13-25(30)16-26(31)14-24)28(36)19-32-17-22-8-6-7-21(4-2)12-22/h6-8,12-14,16,18,20,27-28,32,36H,3-5,9-11,15,17,19H2,1-2H3,(H,34,37). The molecule has 2 aromatic carbocycles. The second-order valence-corrected chi connectivity index (χ2v) is 9.49. The molecular weight excluding hydrogens is 474 g/mol. The minimum absolute atomic E-state index is 0.101. The molecule has 0 saturated carbocycles. The number of rotatable bonds is 15. The summed E-state index contributed by atoms with van der Waals surface area (Å²) in [5, 5.41) is 21.4. The van der Waals surface area contributed by atoms with Gasteiger partial charge >= 0.3 is 0 Å². The molecule has 2 atom stereocenters. The number of aliphatic hydroxyl groups excluding tert-OH is 1. The maximum absolute atomic E-state index is 13.8. The number of amides is 1.